The quantitative estimate of drug-likeness (QED) is 0.0195. The first-order chi connectivity index (χ1) is 29.5. The van der Waals surface area contributed by atoms with Crippen LogP contribution in [0.2, 0.25) is 0 Å². The minimum Gasteiger partial charge on any atom is -0.756 e. The maximum atomic E-state index is 12.7. The van der Waals surface area contributed by atoms with Crippen LogP contribution in [0, 0.1) is 0 Å². The monoisotopic (exact) mass is 886 g/mol. The molecule has 0 aliphatic heterocycles. The van der Waals surface area contributed by atoms with Crippen LogP contribution in [0.5, 0.6) is 0 Å². The standard InChI is InChI=1S/C51H100NO8P/c1-6-8-10-12-14-16-18-20-22-23-24-25-26-27-28-30-32-34-36-38-40-42-44-51(54)60-49(48-59-61(55,56)58-46-45-52(3,4)5)47-57-50(53)43-41-39-37-35-33-31-29-21-19-17-15-13-11-9-7-2/h17,19,49H,6-16,18,20-48H2,1-5H3/b19-17+/t49-/m1/s1. The van der Waals surface area contributed by atoms with E-state index in [1.807, 2.05) is 21.1 Å². The van der Waals surface area contributed by atoms with Crippen LogP contribution in [0.15, 0.2) is 12.2 Å². The summed E-state index contributed by atoms with van der Waals surface area (Å²) in [5.74, 6) is -0.824. The summed E-state index contributed by atoms with van der Waals surface area (Å²) < 4.78 is 34.0. The molecule has 0 amide bonds. The molecular weight excluding hydrogens is 786 g/mol. The van der Waals surface area contributed by atoms with Gasteiger partial charge in [0.05, 0.1) is 27.7 Å². The molecule has 0 saturated heterocycles. The second kappa shape index (κ2) is 44.0. The lowest BCUT2D eigenvalue weighted by atomic mass is 10.0. The second-order valence-corrected chi connectivity index (χ2v) is 20.3. The number of nitrogens with zero attached hydrogens (tertiary/aromatic N) is 1. The predicted octanol–water partition coefficient (Wildman–Crippen LogP) is 14.7. The molecule has 0 saturated carbocycles. The van der Waals surface area contributed by atoms with Crippen LogP contribution in [-0.2, 0) is 32.7 Å². The van der Waals surface area contributed by atoms with Crippen molar-refractivity contribution in [1.82, 2.24) is 0 Å². The molecule has 2 atom stereocenters. The van der Waals surface area contributed by atoms with E-state index in [0.29, 0.717) is 17.4 Å². The molecule has 0 radical (unpaired) electrons. The molecule has 0 aliphatic rings. The van der Waals surface area contributed by atoms with Crippen LogP contribution in [0.1, 0.15) is 251 Å². The number of carbonyl (C=O) groups is 2. The van der Waals surface area contributed by atoms with Gasteiger partial charge in [0.2, 0.25) is 0 Å². The molecule has 9 nitrogen and oxygen atoms in total. The van der Waals surface area contributed by atoms with Crippen molar-refractivity contribution in [2.24, 2.45) is 0 Å². The molecule has 0 aromatic heterocycles. The molecule has 0 spiro atoms. The Kier molecular flexibility index (Phi) is 43.1. The molecule has 362 valence electrons. The Balaban J connectivity index is 4.19. The second-order valence-electron chi connectivity index (χ2n) is 18.9. The van der Waals surface area contributed by atoms with Crippen LogP contribution >= 0.6 is 7.82 Å². The number of ether oxygens (including phenoxy) is 2. The van der Waals surface area contributed by atoms with Gasteiger partial charge in [0, 0.05) is 12.8 Å². The molecule has 0 rings (SSSR count). The number of hydrogen-bond donors (Lipinski definition) is 0. The summed E-state index contributed by atoms with van der Waals surface area (Å²) in [5.41, 5.74) is 0. The van der Waals surface area contributed by atoms with Crippen molar-refractivity contribution in [1.29, 1.82) is 0 Å². The summed E-state index contributed by atoms with van der Waals surface area (Å²) >= 11 is 0. The Bertz CT molecular complexity index is 1050. The molecule has 0 fully saturated rings. The normalized spacial score (nSPS) is 13.5. The van der Waals surface area contributed by atoms with E-state index in [1.165, 1.54) is 173 Å². The fourth-order valence-electron chi connectivity index (χ4n) is 7.48. The minimum absolute atomic E-state index is 0.0280. The fourth-order valence-corrected chi connectivity index (χ4v) is 8.20. The zero-order chi connectivity index (χ0) is 45.0. The lowest BCUT2D eigenvalue weighted by molar-refractivity contribution is -0.870. The van der Waals surface area contributed by atoms with Crippen molar-refractivity contribution in [3.05, 3.63) is 12.2 Å². The Morgan fingerprint density at radius 1 is 0.492 bits per heavy atom. The van der Waals surface area contributed by atoms with Crippen molar-refractivity contribution >= 4 is 19.8 Å². The highest BCUT2D eigenvalue weighted by Crippen LogP contribution is 2.38. The van der Waals surface area contributed by atoms with Crippen molar-refractivity contribution in [2.75, 3.05) is 47.5 Å². The molecule has 10 heteroatoms. The van der Waals surface area contributed by atoms with Crippen LogP contribution in [0.4, 0.5) is 0 Å². The van der Waals surface area contributed by atoms with Gasteiger partial charge in [-0.15, -0.1) is 0 Å². The van der Waals surface area contributed by atoms with Crippen molar-refractivity contribution in [3.8, 4) is 0 Å². The van der Waals surface area contributed by atoms with Gasteiger partial charge in [0.15, 0.2) is 6.10 Å². The molecule has 61 heavy (non-hydrogen) atoms. The van der Waals surface area contributed by atoms with Gasteiger partial charge in [-0.3, -0.25) is 14.2 Å². The van der Waals surface area contributed by atoms with Crippen LogP contribution in [-0.4, -0.2) is 70.0 Å². The number of allylic oxidation sites excluding steroid dienone is 2. The van der Waals surface area contributed by atoms with Crippen LogP contribution < -0.4 is 4.89 Å². The number of hydrogen-bond acceptors (Lipinski definition) is 8. The third kappa shape index (κ3) is 48.1. The van der Waals surface area contributed by atoms with E-state index in [4.69, 9.17) is 18.5 Å². The Morgan fingerprint density at radius 3 is 1.23 bits per heavy atom. The van der Waals surface area contributed by atoms with E-state index in [0.717, 1.165) is 44.9 Å². The maximum Gasteiger partial charge on any atom is 0.306 e. The van der Waals surface area contributed by atoms with Gasteiger partial charge in [-0.2, -0.15) is 0 Å². The van der Waals surface area contributed by atoms with E-state index in [1.54, 1.807) is 0 Å². The van der Waals surface area contributed by atoms with Gasteiger partial charge in [0.25, 0.3) is 7.82 Å². The summed E-state index contributed by atoms with van der Waals surface area (Å²) in [4.78, 5) is 37.7. The smallest absolute Gasteiger partial charge is 0.306 e. The highest BCUT2D eigenvalue weighted by atomic mass is 31.2. The molecule has 1 unspecified atom stereocenters. The number of esters is 2. The van der Waals surface area contributed by atoms with Crippen molar-refractivity contribution in [3.63, 3.8) is 0 Å². The Hall–Kier alpha value is -1.25. The van der Waals surface area contributed by atoms with Gasteiger partial charge >= 0.3 is 11.9 Å². The zero-order valence-corrected chi connectivity index (χ0v) is 41.8. The lowest BCUT2D eigenvalue weighted by Crippen LogP contribution is -2.37. The number of rotatable bonds is 48. The third-order valence-corrected chi connectivity index (χ3v) is 12.5. The number of carbonyl (C=O) groups excluding carboxylic acids is 2. The van der Waals surface area contributed by atoms with E-state index in [2.05, 4.69) is 26.0 Å². The van der Waals surface area contributed by atoms with Gasteiger partial charge < -0.3 is 27.9 Å². The van der Waals surface area contributed by atoms with Gasteiger partial charge in [-0.05, 0) is 38.5 Å². The molecule has 0 aromatic rings. The van der Waals surface area contributed by atoms with Gasteiger partial charge in [0.1, 0.15) is 19.8 Å². The summed E-state index contributed by atoms with van der Waals surface area (Å²) in [6, 6.07) is 0. The number of phosphoric acid groups is 1. The fraction of sp³-hybridized carbons (Fsp3) is 0.922. The van der Waals surface area contributed by atoms with E-state index >= 15 is 0 Å². The van der Waals surface area contributed by atoms with Crippen LogP contribution in [0.25, 0.3) is 0 Å². The molecule has 0 aliphatic carbocycles. The third-order valence-electron chi connectivity index (χ3n) is 11.5. The highest BCUT2D eigenvalue weighted by molar-refractivity contribution is 7.45. The summed E-state index contributed by atoms with van der Waals surface area (Å²) in [6.07, 6.45) is 48.1. The molecule has 0 aromatic carbocycles. The lowest BCUT2D eigenvalue weighted by Gasteiger charge is -2.28. The first-order valence-corrected chi connectivity index (χ1v) is 27.4. The number of phosphoric ester groups is 1. The molecule has 0 heterocycles. The average Bonchev–Trinajstić information content (AvgIpc) is 3.21. The topological polar surface area (TPSA) is 111 Å². The van der Waals surface area contributed by atoms with E-state index in [-0.39, 0.29) is 32.0 Å². The average molecular weight is 886 g/mol. The number of unbranched alkanes of at least 4 members (excludes halogenated alkanes) is 32. The van der Waals surface area contributed by atoms with Crippen molar-refractivity contribution < 1.29 is 42.1 Å². The number of likely N-dealkylation sites (N-methyl/N-ethyl adjacent to an activating group) is 1. The van der Waals surface area contributed by atoms with Crippen LogP contribution in [0.3, 0.4) is 0 Å². The Labute approximate surface area is 377 Å². The minimum atomic E-state index is -4.62. The first kappa shape index (κ1) is 59.8. The van der Waals surface area contributed by atoms with Gasteiger partial charge in [-0.1, -0.05) is 212 Å². The first-order valence-electron chi connectivity index (χ1n) is 25.9. The number of quaternary nitrogens is 1. The molecule has 0 N–H and O–H groups in total. The predicted molar refractivity (Wildman–Crippen MR) is 255 cm³/mol. The maximum absolute atomic E-state index is 12.7. The zero-order valence-electron chi connectivity index (χ0n) is 40.9. The summed E-state index contributed by atoms with van der Waals surface area (Å²) in [6.45, 7) is 4.26. The SMILES string of the molecule is CCCCCC/C=C/CCCCCCCCCC(=O)OC[C@H](COP(=O)([O-])OCC[N+](C)(C)C)OC(=O)CCCCCCCCCCCCCCCCCCCCCCCC. The Morgan fingerprint density at radius 2 is 0.836 bits per heavy atom. The summed E-state index contributed by atoms with van der Waals surface area (Å²) in [5, 5.41) is 0. The van der Waals surface area contributed by atoms with E-state index in [9.17, 15) is 19.0 Å². The summed E-state index contributed by atoms with van der Waals surface area (Å²) in [7, 11) is 1.18. The molecular formula is C51H100NO8P. The van der Waals surface area contributed by atoms with Crippen molar-refractivity contribution in [2.45, 2.75) is 258 Å². The highest BCUT2D eigenvalue weighted by Gasteiger charge is 2.21. The van der Waals surface area contributed by atoms with E-state index < -0.39 is 26.5 Å². The van der Waals surface area contributed by atoms with Gasteiger partial charge in [-0.25, -0.2) is 0 Å². The largest absolute Gasteiger partial charge is 0.756 e. The molecule has 0 bridgehead atoms.